The third-order valence-electron chi connectivity index (χ3n) is 11.1. The van der Waals surface area contributed by atoms with E-state index in [-0.39, 0.29) is 28.6 Å². The number of hydrogen-bond donors (Lipinski definition) is 0. The smallest absolute Gasteiger partial charge is 0.261 e. The molecule has 278 valence electrons. The van der Waals surface area contributed by atoms with E-state index in [2.05, 4.69) is 106 Å². The second-order valence-electron chi connectivity index (χ2n) is 15.6. The minimum atomic E-state index is -2.85. The van der Waals surface area contributed by atoms with Gasteiger partial charge >= 0.3 is 0 Å². The van der Waals surface area contributed by atoms with E-state index in [0.717, 1.165) is 23.1 Å². The Kier molecular flexibility index (Phi) is 12.2. The summed E-state index contributed by atoms with van der Waals surface area (Å²) in [6, 6.07) is 51.8. The molecular formula is C48H52O5Si. The number of fused-ring (bicyclic) bond motifs is 1. The van der Waals surface area contributed by atoms with Crippen LogP contribution in [0, 0.1) is 17.8 Å². The van der Waals surface area contributed by atoms with Gasteiger partial charge in [0.2, 0.25) is 0 Å². The predicted molar refractivity (Wildman–Crippen MR) is 218 cm³/mol. The largest absolute Gasteiger partial charge is 0.407 e. The Morgan fingerprint density at radius 3 is 1.46 bits per heavy atom. The fourth-order valence-electron chi connectivity index (χ4n) is 8.49. The minimum Gasteiger partial charge on any atom is -0.407 e. The monoisotopic (exact) mass is 736 g/mol. The van der Waals surface area contributed by atoms with Crippen molar-refractivity contribution in [3.63, 3.8) is 0 Å². The molecule has 0 N–H and O–H groups in total. The molecule has 6 heteroatoms. The van der Waals surface area contributed by atoms with E-state index in [9.17, 15) is 0 Å². The van der Waals surface area contributed by atoms with Crippen LogP contribution in [-0.2, 0) is 43.3 Å². The van der Waals surface area contributed by atoms with Gasteiger partial charge in [-0.2, -0.15) is 0 Å². The molecule has 0 saturated heterocycles. The van der Waals surface area contributed by atoms with Crippen LogP contribution in [0.2, 0.25) is 5.04 Å². The molecule has 2 aliphatic carbocycles. The van der Waals surface area contributed by atoms with E-state index < -0.39 is 26.6 Å². The molecule has 0 amide bonds. The van der Waals surface area contributed by atoms with Crippen molar-refractivity contribution >= 4 is 24.5 Å². The average molecular weight is 737 g/mol. The zero-order chi connectivity index (χ0) is 37.4. The van der Waals surface area contributed by atoms with Gasteiger partial charge in [-0.3, -0.25) is 4.79 Å². The van der Waals surface area contributed by atoms with E-state index in [1.54, 1.807) is 0 Å². The molecule has 54 heavy (non-hydrogen) atoms. The van der Waals surface area contributed by atoms with E-state index in [4.69, 9.17) is 18.6 Å². The van der Waals surface area contributed by atoms with Crippen molar-refractivity contribution in [3.05, 3.63) is 181 Å². The van der Waals surface area contributed by atoms with Crippen LogP contribution in [0.4, 0.5) is 0 Å². The molecule has 0 spiro atoms. The van der Waals surface area contributed by atoms with Crippen LogP contribution in [0.3, 0.4) is 0 Å². The van der Waals surface area contributed by atoms with Crippen molar-refractivity contribution in [1.82, 2.24) is 0 Å². The fourth-order valence-corrected chi connectivity index (χ4v) is 13.1. The molecule has 1 saturated carbocycles. The number of rotatable bonds is 14. The quantitative estimate of drug-likeness (QED) is 0.0844. The van der Waals surface area contributed by atoms with Crippen LogP contribution in [0.15, 0.2) is 164 Å². The van der Waals surface area contributed by atoms with Crippen LogP contribution < -0.4 is 10.4 Å². The topological polar surface area (TPSA) is 54.0 Å². The lowest BCUT2D eigenvalue weighted by Crippen LogP contribution is -2.67. The SMILES string of the molecule is CC(C)(C)[Si](OC[C@H]1CC=C[C@@H]2[C@H](OCc3ccccc3)[C@H](OCc3ccccc3)[C@@H](OCc3ccccc3)C(=O)[C@H]12)(c1ccccc1)c1ccccc1. The molecule has 7 rings (SSSR count). The Labute approximate surface area is 322 Å². The predicted octanol–water partition coefficient (Wildman–Crippen LogP) is 8.71. The van der Waals surface area contributed by atoms with Gasteiger partial charge in [0.1, 0.15) is 12.2 Å². The number of benzene rings is 5. The Bertz CT molecular complexity index is 1890. The number of Topliss-reactive ketones (excluding diaryl/α,β-unsaturated/α-hetero) is 1. The van der Waals surface area contributed by atoms with Crippen LogP contribution in [0.5, 0.6) is 0 Å². The second kappa shape index (κ2) is 17.4. The molecular weight excluding hydrogens is 685 g/mol. The number of hydrogen-bond acceptors (Lipinski definition) is 5. The zero-order valence-electron chi connectivity index (χ0n) is 31.6. The number of carbonyl (C=O) groups is 1. The molecule has 2 aliphatic rings. The van der Waals surface area contributed by atoms with Gasteiger partial charge in [0.15, 0.2) is 5.78 Å². The first-order chi connectivity index (χ1) is 26.3. The first-order valence-corrected chi connectivity index (χ1v) is 21.2. The maximum Gasteiger partial charge on any atom is 0.261 e. The maximum atomic E-state index is 15.2. The summed E-state index contributed by atoms with van der Waals surface area (Å²) in [6.07, 6.45) is 3.29. The third-order valence-corrected chi connectivity index (χ3v) is 16.1. The number of carbonyl (C=O) groups excluding carboxylic acids is 1. The summed E-state index contributed by atoms with van der Waals surface area (Å²) in [4.78, 5) is 15.2. The molecule has 0 aliphatic heterocycles. The fraction of sp³-hybridized carbons (Fsp3) is 0.312. The van der Waals surface area contributed by atoms with Crippen molar-refractivity contribution in [2.24, 2.45) is 17.8 Å². The highest BCUT2D eigenvalue weighted by Gasteiger charge is 2.56. The molecule has 5 aromatic rings. The van der Waals surface area contributed by atoms with Crippen LogP contribution in [0.1, 0.15) is 43.9 Å². The molecule has 0 aromatic heterocycles. The molecule has 0 heterocycles. The lowest BCUT2D eigenvalue weighted by atomic mass is 9.64. The molecule has 5 nitrogen and oxygen atoms in total. The Balaban J connectivity index is 1.25. The third kappa shape index (κ3) is 8.29. The number of allylic oxidation sites excluding steroid dienone is 1. The summed E-state index contributed by atoms with van der Waals surface area (Å²) in [5.74, 6) is -0.588. The summed E-state index contributed by atoms with van der Waals surface area (Å²) in [6.45, 7) is 8.37. The Morgan fingerprint density at radius 2 is 1.00 bits per heavy atom. The average Bonchev–Trinajstić information content (AvgIpc) is 3.21. The van der Waals surface area contributed by atoms with Crippen molar-refractivity contribution in [2.75, 3.05) is 6.61 Å². The van der Waals surface area contributed by atoms with Crippen molar-refractivity contribution < 1.29 is 23.4 Å². The normalized spacial score (nSPS) is 22.8. The van der Waals surface area contributed by atoms with E-state index in [1.165, 1.54) is 10.4 Å². The Hall–Kier alpha value is -4.43. The van der Waals surface area contributed by atoms with Gasteiger partial charge < -0.3 is 18.6 Å². The van der Waals surface area contributed by atoms with Gasteiger partial charge in [-0.25, -0.2) is 0 Å². The molecule has 0 radical (unpaired) electrons. The lowest BCUT2D eigenvalue weighted by Gasteiger charge is -2.49. The van der Waals surface area contributed by atoms with Crippen molar-refractivity contribution in [3.8, 4) is 0 Å². The van der Waals surface area contributed by atoms with Gasteiger partial charge in [0.25, 0.3) is 8.32 Å². The van der Waals surface area contributed by atoms with Gasteiger partial charge in [-0.05, 0) is 44.4 Å². The summed E-state index contributed by atoms with van der Waals surface area (Å²) in [7, 11) is -2.85. The van der Waals surface area contributed by atoms with E-state index in [1.807, 2.05) is 78.9 Å². The van der Waals surface area contributed by atoms with E-state index >= 15 is 4.79 Å². The minimum absolute atomic E-state index is 0.0638. The van der Waals surface area contributed by atoms with Gasteiger partial charge in [0, 0.05) is 18.4 Å². The summed E-state index contributed by atoms with van der Waals surface area (Å²) in [5.41, 5.74) is 3.11. The second-order valence-corrected chi connectivity index (χ2v) is 19.9. The highest BCUT2D eigenvalue weighted by Crippen LogP contribution is 2.44. The van der Waals surface area contributed by atoms with Gasteiger partial charge in [0.05, 0.1) is 25.9 Å². The van der Waals surface area contributed by atoms with Gasteiger partial charge in [-0.15, -0.1) is 0 Å². The Morgan fingerprint density at radius 1 is 0.574 bits per heavy atom. The number of ether oxygens (including phenoxy) is 3. The van der Waals surface area contributed by atoms with Crippen LogP contribution in [0.25, 0.3) is 0 Å². The zero-order valence-corrected chi connectivity index (χ0v) is 32.6. The standard InChI is InChI=1S/C48H52O5Si/c1-48(2,3)54(40-27-15-7-16-28-40,41-29-17-8-18-30-41)53-35-39-26-19-31-42-43(39)44(49)46(51-33-37-22-11-5-12-23-37)47(52-34-38-24-13-6-14-25-38)45(42)50-32-36-20-9-4-10-21-36/h4-25,27-31,39,42-43,45-47H,26,32-35H2,1-3H3/t39-,42+,43-,45+,46+,47+/m1/s1. The van der Waals surface area contributed by atoms with Crippen molar-refractivity contribution in [1.29, 1.82) is 0 Å². The van der Waals surface area contributed by atoms with Crippen LogP contribution in [-0.4, -0.2) is 39.0 Å². The highest BCUT2D eigenvalue weighted by atomic mass is 28.4. The molecule has 5 aromatic carbocycles. The first kappa shape index (κ1) is 37.9. The summed E-state index contributed by atoms with van der Waals surface area (Å²) < 4.78 is 27.9. The number of ketones is 1. The summed E-state index contributed by atoms with van der Waals surface area (Å²) in [5, 5.41) is 2.27. The van der Waals surface area contributed by atoms with Crippen LogP contribution >= 0.6 is 0 Å². The van der Waals surface area contributed by atoms with Gasteiger partial charge in [-0.1, -0.05) is 185 Å². The lowest BCUT2D eigenvalue weighted by molar-refractivity contribution is -0.200. The molecule has 1 fully saturated rings. The molecule has 6 atom stereocenters. The van der Waals surface area contributed by atoms with Crippen molar-refractivity contribution in [2.45, 2.75) is 70.4 Å². The summed E-state index contributed by atoms with van der Waals surface area (Å²) >= 11 is 0. The first-order valence-electron chi connectivity index (χ1n) is 19.3. The maximum absolute atomic E-state index is 15.2. The molecule has 0 unspecified atom stereocenters. The molecule has 0 bridgehead atoms. The van der Waals surface area contributed by atoms with E-state index in [0.29, 0.717) is 26.4 Å². The highest BCUT2D eigenvalue weighted by molar-refractivity contribution is 6.99.